The highest BCUT2D eigenvalue weighted by molar-refractivity contribution is 5.00. The van der Waals surface area contributed by atoms with Gasteiger partial charge in [0.05, 0.1) is 0 Å². The number of hydrogen-bond donors (Lipinski definition) is 1. The molecule has 3 rings (SSSR count). The molecule has 2 heterocycles. The van der Waals surface area contributed by atoms with E-state index in [1.807, 2.05) is 0 Å². The Morgan fingerprint density at radius 2 is 1.50 bits per heavy atom. The van der Waals surface area contributed by atoms with Crippen LogP contribution in [0.4, 0.5) is 0 Å². The lowest BCUT2D eigenvalue weighted by atomic mass is 9.95. The van der Waals surface area contributed by atoms with Gasteiger partial charge in [0.25, 0.3) is 0 Å². The van der Waals surface area contributed by atoms with Crippen LogP contribution in [-0.2, 0) is 0 Å². The molecule has 0 spiro atoms. The Morgan fingerprint density at radius 1 is 0.938 bits per heavy atom. The highest BCUT2D eigenvalue weighted by Gasteiger charge is 2.44. The van der Waals surface area contributed by atoms with Crippen LogP contribution < -0.4 is 5.73 Å². The molecule has 2 heteroatoms. The molecule has 3 aliphatic rings. The summed E-state index contributed by atoms with van der Waals surface area (Å²) in [6.45, 7) is 2.35. The number of fused-ring (bicyclic) bond motifs is 2. The van der Waals surface area contributed by atoms with Crippen molar-refractivity contribution in [3.8, 4) is 0 Å². The van der Waals surface area contributed by atoms with Gasteiger partial charge in [-0.1, -0.05) is 13.3 Å². The van der Waals surface area contributed by atoms with Crippen molar-refractivity contribution in [2.75, 3.05) is 0 Å². The van der Waals surface area contributed by atoms with Crippen molar-refractivity contribution in [1.82, 2.24) is 4.90 Å². The third-order valence-electron chi connectivity index (χ3n) is 5.34. The summed E-state index contributed by atoms with van der Waals surface area (Å²) in [5.74, 6) is 1.01. The van der Waals surface area contributed by atoms with Crippen LogP contribution in [0.2, 0.25) is 0 Å². The predicted molar refractivity (Wildman–Crippen MR) is 67.3 cm³/mol. The molecule has 0 aromatic rings. The van der Waals surface area contributed by atoms with E-state index in [1.54, 1.807) is 0 Å². The van der Waals surface area contributed by atoms with Crippen LogP contribution in [0, 0.1) is 5.92 Å². The topological polar surface area (TPSA) is 29.3 Å². The quantitative estimate of drug-likeness (QED) is 0.778. The Kier molecular flexibility index (Phi) is 2.97. The van der Waals surface area contributed by atoms with E-state index in [2.05, 4.69) is 11.8 Å². The number of nitrogens with two attached hydrogens (primary N) is 1. The van der Waals surface area contributed by atoms with Crippen LogP contribution in [-0.4, -0.2) is 29.1 Å². The molecule has 3 fully saturated rings. The van der Waals surface area contributed by atoms with Crippen molar-refractivity contribution < 1.29 is 0 Å². The molecule has 0 aromatic heterocycles. The molecule has 1 aliphatic carbocycles. The first-order valence-corrected chi connectivity index (χ1v) is 7.31. The fourth-order valence-corrected chi connectivity index (χ4v) is 4.54. The minimum atomic E-state index is 0.497. The van der Waals surface area contributed by atoms with E-state index in [9.17, 15) is 0 Å². The van der Waals surface area contributed by atoms with Crippen LogP contribution in [0.1, 0.15) is 58.3 Å². The summed E-state index contributed by atoms with van der Waals surface area (Å²) >= 11 is 0. The molecule has 2 nitrogen and oxygen atoms in total. The van der Waals surface area contributed by atoms with Gasteiger partial charge < -0.3 is 5.73 Å². The van der Waals surface area contributed by atoms with Crippen molar-refractivity contribution in [1.29, 1.82) is 0 Å². The minimum absolute atomic E-state index is 0.497. The molecule has 4 atom stereocenters. The van der Waals surface area contributed by atoms with Crippen molar-refractivity contribution >= 4 is 0 Å². The Labute approximate surface area is 99.6 Å². The van der Waals surface area contributed by atoms with Crippen LogP contribution in [0.5, 0.6) is 0 Å². The number of hydrogen-bond acceptors (Lipinski definition) is 2. The number of nitrogens with zero attached hydrogens (tertiary/aromatic N) is 1. The van der Waals surface area contributed by atoms with Gasteiger partial charge >= 0.3 is 0 Å². The zero-order chi connectivity index (χ0) is 11.1. The summed E-state index contributed by atoms with van der Waals surface area (Å²) in [6.07, 6.45) is 11.2. The first-order valence-electron chi connectivity index (χ1n) is 7.31. The van der Waals surface area contributed by atoms with E-state index in [-0.39, 0.29) is 0 Å². The van der Waals surface area contributed by atoms with Gasteiger partial charge in [-0.2, -0.15) is 0 Å². The van der Waals surface area contributed by atoms with Crippen LogP contribution in [0.25, 0.3) is 0 Å². The van der Waals surface area contributed by atoms with Crippen molar-refractivity contribution in [3.63, 3.8) is 0 Å². The molecule has 2 aliphatic heterocycles. The van der Waals surface area contributed by atoms with Gasteiger partial charge in [-0.05, 0) is 50.9 Å². The molecule has 92 valence electrons. The second kappa shape index (κ2) is 4.30. The second-order valence-electron chi connectivity index (χ2n) is 6.30. The third-order valence-corrected chi connectivity index (χ3v) is 5.34. The van der Waals surface area contributed by atoms with Crippen molar-refractivity contribution in [2.24, 2.45) is 11.7 Å². The van der Waals surface area contributed by atoms with Gasteiger partial charge in [0.15, 0.2) is 0 Å². The zero-order valence-electron chi connectivity index (χ0n) is 10.6. The highest BCUT2D eigenvalue weighted by atomic mass is 15.3. The minimum Gasteiger partial charge on any atom is -0.328 e. The fourth-order valence-electron chi connectivity index (χ4n) is 4.54. The average Bonchev–Trinajstić information content (AvgIpc) is 2.81. The van der Waals surface area contributed by atoms with Crippen LogP contribution in [0.3, 0.4) is 0 Å². The molecule has 0 radical (unpaired) electrons. The summed E-state index contributed by atoms with van der Waals surface area (Å²) in [4.78, 5) is 2.89. The molecule has 4 unspecified atom stereocenters. The van der Waals surface area contributed by atoms with Gasteiger partial charge in [0, 0.05) is 24.2 Å². The first kappa shape index (κ1) is 11.0. The lowest BCUT2D eigenvalue weighted by Crippen LogP contribution is -2.51. The van der Waals surface area contributed by atoms with Crippen molar-refractivity contribution in [3.05, 3.63) is 0 Å². The summed E-state index contributed by atoms with van der Waals surface area (Å²) in [6, 6.07) is 3.09. The summed E-state index contributed by atoms with van der Waals surface area (Å²) < 4.78 is 0. The van der Waals surface area contributed by atoms with E-state index in [4.69, 9.17) is 5.73 Å². The van der Waals surface area contributed by atoms with E-state index in [1.165, 1.54) is 51.4 Å². The summed E-state index contributed by atoms with van der Waals surface area (Å²) in [7, 11) is 0. The molecule has 1 saturated carbocycles. The molecular weight excluding hydrogens is 196 g/mol. The normalized spacial score (nSPS) is 48.8. The monoisotopic (exact) mass is 222 g/mol. The number of piperidine rings is 1. The van der Waals surface area contributed by atoms with Gasteiger partial charge in [0.1, 0.15) is 0 Å². The molecule has 2 bridgehead atoms. The van der Waals surface area contributed by atoms with Crippen LogP contribution >= 0.6 is 0 Å². The van der Waals surface area contributed by atoms with Gasteiger partial charge in [-0.15, -0.1) is 0 Å². The average molecular weight is 222 g/mol. The zero-order valence-corrected chi connectivity index (χ0v) is 10.6. The molecule has 0 aromatic carbocycles. The van der Waals surface area contributed by atoms with E-state index in [0.717, 1.165) is 24.0 Å². The van der Waals surface area contributed by atoms with E-state index in [0.29, 0.717) is 6.04 Å². The lowest BCUT2D eigenvalue weighted by molar-refractivity contribution is 0.0780. The molecule has 2 N–H and O–H groups in total. The highest BCUT2D eigenvalue weighted by Crippen LogP contribution is 2.42. The molecule has 2 saturated heterocycles. The maximum atomic E-state index is 6.14. The Morgan fingerprint density at radius 3 is 2.06 bits per heavy atom. The Balaban J connectivity index is 1.67. The standard InChI is InChI=1S/C14H26N2/c1-2-10-3-4-12(7-10)16-13-5-6-14(16)9-11(15)8-13/h10-14H,2-9,15H2,1H3. The van der Waals surface area contributed by atoms with Gasteiger partial charge in [-0.3, -0.25) is 4.90 Å². The first-order chi connectivity index (χ1) is 7.78. The van der Waals surface area contributed by atoms with Gasteiger partial charge in [0.2, 0.25) is 0 Å². The maximum Gasteiger partial charge on any atom is 0.0116 e. The van der Waals surface area contributed by atoms with Gasteiger partial charge in [-0.25, -0.2) is 0 Å². The SMILES string of the molecule is CCC1CCC(N2C3CCC2CC(N)C3)C1. The Bertz CT molecular complexity index is 239. The molecule has 16 heavy (non-hydrogen) atoms. The molecular formula is C14H26N2. The largest absolute Gasteiger partial charge is 0.328 e. The maximum absolute atomic E-state index is 6.14. The second-order valence-corrected chi connectivity index (χ2v) is 6.30. The smallest absolute Gasteiger partial charge is 0.0116 e. The lowest BCUT2D eigenvalue weighted by Gasteiger charge is -2.41. The van der Waals surface area contributed by atoms with Crippen molar-refractivity contribution in [2.45, 2.75) is 82.5 Å². The third kappa shape index (κ3) is 1.80. The fraction of sp³-hybridized carbons (Fsp3) is 1.00. The molecule has 0 amide bonds. The Hall–Kier alpha value is -0.0800. The number of rotatable bonds is 2. The summed E-state index contributed by atoms with van der Waals surface area (Å²) in [5.41, 5.74) is 6.14. The predicted octanol–water partition coefficient (Wildman–Crippen LogP) is 2.52. The summed E-state index contributed by atoms with van der Waals surface area (Å²) in [5, 5.41) is 0. The van der Waals surface area contributed by atoms with E-state index < -0.39 is 0 Å². The van der Waals surface area contributed by atoms with Crippen LogP contribution in [0.15, 0.2) is 0 Å². The van der Waals surface area contributed by atoms with E-state index >= 15 is 0 Å².